The fraction of sp³-hybridized carbons (Fsp3) is 0.500. The number of rotatable bonds is 2. The highest BCUT2D eigenvalue weighted by Crippen LogP contribution is 2.26. The van der Waals surface area contributed by atoms with Crippen molar-refractivity contribution in [2.75, 3.05) is 0 Å². The number of benzene rings is 1. The van der Waals surface area contributed by atoms with E-state index in [4.69, 9.17) is 4.74 Å². The second-order valence-electron chi connectivity index (χ2n) is 5.39. The van der Waals surface area contributed by atoms with E-state index in [9.17, 15) is 4.79 Å². The van der Waals surface area contributed by atoms with Crippen LogP contribution in [0.4, 0.5) is 4.79 Å². The second-order valence-corrected chi connectivity index (χ2v) is 6.45. The molecule has 0 aliphatic rings. The van der Waals surface area contributed by atoms with E-state index in [1.807, 2.05) is 65.8 Å². The van der Waals surface area contributed by atoms with Crippen molar-refractivity contribution in [3.63, 3.8) is 0 Å². The van der Waals surface area contributed by atoms with Gasteiger partial charge in [0, 0.05) is 0 Å². The molecule has 2 rings (SSSR count). The Morgan fingerprint density at radius 2 is 1.90 bits per heavy atom. The molecular weight excluding hydrogens is 284 g/mol. The lowest BCUT2D eigenvalue weighted by molar-refractivity contribution is 0.0508. The Morgan fingerprint density at radius 1 is 1.29 bits per heavy atom. The summed E-state index contributed by atoms with van der Waals surface area (Å²) in [5, 5.41) is 3.68. The topological polar surface area (TPSA) is 51.2 Å². The molecule has 1 aromatic heterocycles. The average Bonchev–Trinajstić information content (AvgIpc) is 2.82. The number of carbonyl (C=O) groups is 1. The maximum absolute atomic E-state index is 11.7. The molecule has 0 radical (unpaired) electrons. The molecule has 0 aliphatic heterocycles. The van der Waals surface area contributed by atoms with Gasteiger partial charge in [0.25, 0.3) is 0 Å². The fourth-order valence-corrected chi connectivity index (χ4v) is 2.59. The van der Waals surface area contributed by atoms with Crippen LogP contribution in [-0.2, 0) is 4.74 Å². The van der Waals surface area contributed by atoms with Crippen molar-refractivity contribution < 1.29 is 9.53 Å². The molecule has 0 saturated carbocycles. The van der Waals surface area contributed by atoms with Crippen molar-refractivity contribution >= 4 is 27.6 Å². The first-order valence-corrected chi connectivity index (χ1v) is 8.02. The molecule has 1 unspecified atom stereocenters. The molecule has 0 bridgehead atoms. The number of amides is 1. The van der Waals surface area contributed by atoms with Crippen molar-refractivity contribution in [1.82, 2.24) is 10.3 Å². The summed E-state index contributed by atoms with van der Waals surface area (Å²) in [5.41, 5.74) is 0.470. The number of hydrogen-bond donors (Lipinski definition) is 1. The second kappa shape index (κ2) is 7.41. The number of nitrogens with one attached hydrogen (secondary N) is 1. The number of ether oxygens (including phenoxy) is 1. The number of carbonyl (C=O) groups excluding carboxylic acids is 1. The zero-order valence-corrected chi connectivity index (χ0v) is 14.4. The number of thiazole rings is 1. The monoisotopic (exact) mass is 308 g/mol. The molecule has 0 fully saturated rings. The fourth-order valence-electron chi connectivity index (χ4n) is 1.62. The molecular formula is C16H24N2O2S. The summed E-state index contributed by atoms with van der Waals surface area (Å²) >= 11 is 1.58. The van der Waals surface area contributed by atoms with Gasteiger partial charge in [0.15, 0.2) is 0 Å². The van der Waals surface area contributed by atoms with Gasteiger partial charge in [0.1, 0.15) is 10.6 Å². The normalized spacial score (nSPS) is 12.3. The highest BCUT2D eigenvalue weighted by Gasteiger charge is 2.19. The molecule has 1 amide bonds. The Bertz CT molecular complexity index is 554. The first-order valence-electron chi connectivity index (χ1n) is 7.20. The number of para-hydroxylation sites is 1. The van der Waals surface area contributed by atoms with Crippen LogP contribution in [0.25, 0.3) is 10.2 Å². The van der Waals surface area contributed by atoms with E-state index in [1.54, 1.807) is 11.3 Å². The van der Waals surface area contributed by atoms with E-state index in [0.29, 0.717) is 0 Å². The summed E-state index contributed by atoms with van der Waals surface area (Å²) in [4.78, 5) is 16.2. The lowest BCUT2D eigenvalue weighted by Gasteiger charge is -2.21. The van der Waals surface area contributed by atoms with Gasteiger partial charge in [-0.1, -0.05) is 26.0 Å². The van der Waals surface area contributed by atoms with E-state index >= 15 is 0 Å². The van der Waals surface area contributed by atoms with E-state index in [0.717, 1.165) is 15.2 Å². The van der Waals surface area contributed by atoms with Gasteiger partial charge in [0.05, 0.1) is 16.3 Å². The van der Waals surface area contributed by atoms with Gasteiger partial charge in [-0.3, -0.25) is 0 Å². The minimum absolute atomic E-state index is 0.160. The number of nitrogens with zero attached hydrogens (tertiary/aromatic N) is 1. The number of alkyl carbamates (subject to hydrolysis) is 1. The van der Waals surface area contributed by atoms with Crippen molar-refractivity contribution in [1.29, 1.82) is 0 Å². The van der Waals surface area contributed by atoms with Gasteiger partial charge in [-0.15, -0.1) is 11.3 Å². The molecule has 4 nitrogen and oxygen atoms in total. The van der Waals surface area contributed by atoms with Crippen LogP contribution in [0.3, 0.4) is 0 Å². The number of aromatic nitrogens is 1. The minimum atomic E-state index is -0.489. The Labute approximate surface area is 130 Å². The Balaban J connectivity index is 0.00000106. The molecule has 5 heteroatoms. The zero-order valence-electron chi connectivity index (χ0n) is 13.6. The maximum atomic E-state index is 11.7. The Morgan fingerprint density at radius 3 is 2.48 bits per heavy atom. The molecule has 1 heterocycles. The van der Waals surface area contributed by atoms with Crippen LogP contribution in [0.1, 0.15) is 52.6 Å². The van der Waals surface area contributed by atoms with E-state index in [-0.39, 0.29) is 6.04 Å². The first kappa shape index (κ1) is 17.4. The van der Waals surface area contributed by atoms with Gasteiger partial charge in [-0.05, 0) is 39.8 Å². The summed E-state index contributed by atoms with van der Waals surface area (Å²) in [6, 6.07) is 7.77. The third-order valence-electron chi connectivity index (χ3n) is 2.41. The molecule has 0 saturated heterocycles. The van der Waals surface area contributed by atoms with Crippen LogP contribution in [0.15, 0.2) is 24.3 Å². The quantitative estimate of drug-likeness (QED) is 0.857. The van der Waals surface area contributed by atoms with Crippen molar-refractivity contribution in [3.8, 4) is 0 Å². The van der Waals surface area contributed by atoms with E-state index in [2.05, 4.69) is 10.3 Å². The van der Waals surface area contributed by atoms with Crippen LogP contribution in [-0.4, -0.2) is 16.7 Å². The van der Waals surface area contributed by atoms with Crippen LogP contribution in [0, 0.1) is 0 Å². The Hall–Kier alpha value is -1.62. The smallest absolute Gasteiger partial charge is 0.408 e. The van der Waals surface area contributed by atoms with Gasteiger partial charge < -0.3 is 10.1 Å². The van der Waals surface area contributed by atoms with Crippen LogP contribution >= 0.6 is 11.3 Å². The van der Waals surface area contributed by atoms with E-state index < -0.39 is 11.7 Å². The molecule has 2 aromatic rings. The van der Waals surface area contributed by atoms with Gasteiger partial charge in [0.2, 0.25) is 0 Å². The predicted molar refractivity (Wildman–Crippen MR) is 88.8 cm³/mol. The largest absolute Gasteiger partial charge is 0.444 e. The Kier molecular flexibility index (Phi) is 6.15. The summed E-state index contributed by atoms with van der Waals surface area (Å²) in [7, 11) is 0. The zero-order chi connectivity index (χ0) is 16.0. The minimum Gasteiger partial charge on any atom is -0.444 e. The third kappa shape index (κ3) is 5.34. The van der Waals surface area contributed by atoms with Gasteiger partial charge >= 0.3 is 6.09 Å². The summed E-state index contributed by atoms with van der Waals surface area (Å²) in [5.74, 6) is 0. The van der Waals surface area contributed by atoms with Crippen molar-refractivity contribution in [2.45, 2.75) is 53.2 Å². The van der Waals surface area contributed by atoms with Gasteiger partial charge in [-0.2, -0.15) is 0 Å². The first-order chi connectivity index (χ1) is 9.85. The molecule has 1 N–H and O–H groups in total. The highest BCUT2D eigenvalue weighted by molar-refractivity contribution is 7.18. The van der Waals surface area contributed by atoms with Crippen LogP contribution < -0.4 is 5.32 Å². The van der Waals surface area contributed by atoms with Crippen LogP contribution in [0.5, 0.6) is 0 Å². The maximum Gasteiger partial charge on any atom is 0.408 e. The van der Waals surface area contributed by atoms with Crippen LogP contribution in [0.2, 0.25) is 0 Å². The molecule has 21 heavy (non-hydrogen) atoms. The molecule has 1 atom stereocenters. The lowest BCUT2D eigenvalue weighted by Crippen LogP contribution is -2.33. The molecule has 116 valence electrons. The number of fused-ring (bicyclic) bond motifs is 1. The third-order valence-corrected chi connectivity index (χ3v) is 3.63. The standard InChI is InChI=1S/C14H18N2O2S.C2H6/c1-9(15-13(17)18-14(2,3)4)12-16-10-7-5-6-8-11(10)19-12;1-2/h5-9H,1-4H3,(H,15,17);1-2H3. The predicted octanol–water partition coefficient (Wildman–Crippen LogP) is 4.91. The lowest BCUT2D eigenvalue weighted by atomic mass is 10.2. The van der Waals surface area contributed by atoms with E-state index in [1.165, 1.54) is 0 Å². The summed E-state index contributed by atoms with van der Waals surface area (Å²) < 4.78 is 6.35. The molecule has 1 aromatic carbocycles. The molecule has 0 aliphatic carbocycles. The molecule has 0 spiro atoms. The average molecular weight is 308 g/mol. The highest BCUT2D eigenvalue weighted by atomic mass is 32.1. The summed E-state index contributed by atoms with van der Waals surface area (Å²) in [6.45, 7) is 11.4. The van der Waals surface area contributed by atoms with Crippen molar-refractivity contribution in [3.05, 3.63) is 29.3 Å². The number of hydrogen-bond acceptors (Lipinski definition) is 4. The van der Waals surface area contributed by atoms with Crippen molar-refractivity contribution in [2.24, 2.45) is 0 Å². The van der Waals surface area contributed by atoms with Gasteiger partial charge in [-0.25, -0.2) is 9.78 Å². The summed E-state index contributed by atoms with van der Waals surface area (Å²) in [6.07, 6.45) is -0.417. The SMILES string of the molecule is CC.CC(NC(=O)OC(C)(C)C)c1nc2ccccc2s1.